The minimum Gasteiger partial charge on any atom is -0.496 e. The van der Waals surface area contributed by atoms with Crippen molar-refractivity contribution in [2.75, 3.05) is 24.9 Å². The SMILES string of the molecule is COc1cc(NC(=O)Nc2ccc(C)c(OC)c2)ccc1C. The van der Waals surface area contributed by atoms with Gasteiger partial charge in [0, 0.05) is 23.5 Å². The van der Waals surface area contributed by atoms with Crippen molar-refractivity contribution in [3.63, 3.8) is 0 Å². The molecule has 0 aliphatic heterocycles. The Morgan fingerprint density at radius 1 is 0.818 bits per heavy atom. The zero-order valence-corrected chi connectivity index (χ0v) is 13.2. The fraction of sp³-hybridized carbons (Fsp3) is 0.235. The number of benzene rings is 2. The van der Waals surface area contributed by atoms with Gasteiger partial charge in [-0.1, -0.05) is 12.1 Å². The fourth-order valence-corrected chi connectivity index (χ4v) is 2.09. The van der Waals surface area contributed by atoms with Crippen molar-refractivity contribution in [2.45, 2.75) is 13.8 Å². The van der Waals surface area contributed by atoms with E-state index in [4.69, 9.17) is 9.47 Å². The molecule has 0 aliphatic carbocycles. The van der Waals surface area contributed by atoms with Gasteiger partial charge >= 0.3 is 6.03 Å². The number of carbonyl (C=O) groups is 1. The second-order valence-corrected chi connectivity index (χ2v) is 4.95. The first-order valence-electron chi connectivity index (χ1n) is 6.90. The lowest BCUT2D eigenvalue weighted by molar-refractivity contribution is 0.262. The molecule has 116 valence electrons. The second kappa shape index (κ2) is 6.85. The molecule has 2 aromatic rings. The van der Waals surface area contributed by atoms with Gasteiger partial charge in [-0.2, -0.15) is 0 Å². The van der Waals surface area contributed by atoms with E-state index in [1.807, 2.05) is 38.1 Å². The Labute approximate surface area is 130 Å². The Morgan fingerprint density at radius 3 is 1.59 bits per heavy atom. The van der Waals surface area contributed by atoms with Crippen molar-refractivity contribution >= 4 is 17.4 Å². The zero-order chi connectivity index (χ0) is 16.1. The first kappa shape index (κ1) is 15.7. The number of rotatable bonds is 4. The second-order valence-electron chi connectivity index (χ2n) is 4.95. The maximum absolute atomic E-state index is 12.0. The van der Waals surface area contributed by atoms with E-state index in [0.29, 0.717) is 11.4 Å². The van der Waals surface area contributed by atoms with Crippen LogP contribution in [0.2, 0.25) is 0 Å². The van der Waals surface area contributed by atoms with Gasteiger partial charge in [0.05, 0.1) is 14.2 Å². The molecule has 0 saturated heterocycles. The molecule has 5 nitrogen and oxygen atoms in total. The molecule has 0 aliphatic rings. The molecule has 0 atom stereocenters. The number of anilines is 2. The van der Waals surface area contributed by atoms with E-state index in [-0.39, 0.29) is 6.03 Å². The highest BCUT2D eigenvalue weighted by atomic mass is 16.5. The van der Waals surface area contributed by atoms with Gasteiger partial charge in [-0.05, 0) is 37.1 Å². The third-order valence-corrected chi connectivity index (χ3v) is 3.33. The number of hydrogen-bond donors (Lipinski definition) is 2. The molecule has 0 saturated carbocycles. The van der Waals surface area contributed by atoms with Gasteiger partial charge in [-0.15, -0.1) is 0 Å². The van der Waals surface area contributed by atoms with Crippen LogP contribution in [0.4, 0.5) is 16.2 Å². The third kappa shape index (κ3) is 3.69. The summed E-state index contributed by atoms with van der Waals surface area (Å²) in [5, 5.41) is 5.55. The fourth-order valence-electron chi connectivity index (χ4n) is 2.09. The van der Waals surface area contributed by atoms with Crippen LogP contribution in [0.1, 0.15) is 11.1 Å². The number of methoxy groups -OCH3 is 2. The summed E-state index contributed by atoms with van der Waals surface area (Å²) in [6, 6.07) is 10.7. The van der Waals surface area contributed by atoms with Crippen LogP contribution in [0.3, 0.4) is 0 Å². The van der Waals surface area contributed by atoms with Crippen LogP contribution in [0.5, 0.6) is 11.5 Å². The van der Waals surface area contributed by atoms with Gasteiger partial charge in [0.2, 0.25) is 0 Å². The predicted molar refractivity (Wildman–Crippen MR) is 88.1 cm³/mol. The van der Waals surface area contributed by atoms with Crippen molar-refractivity contribution in [3.8, 4) is 11.5 Å². The normalized spacial score (nSPS) is 10.0. The molecule has 2 N–H and O–H groups in total. The lowest BCUT2D eigenvalue weighted by atomic mass is 10.2. The molecule has 2 amide bonds. The van der Waals surface area contributed by atoms with E-state index in [9.17, 15) is 4.79 Å². The summed E-state index contributed by atoms with van der Waals surface area (Å²) < 4.78 is 10.5. The summed E-state index contributed by atoms with van der Waals surface area (Å²) >= 11 is 0. The molecule has 22 heavy (non-hydrogen) atoms. The Hall–Kier alpha value is -2.69. The van der Waals surface area contributed by atoms with Gasteiger partial charge in [0.1, 0.15) is 11.5 Å². The summed E-state index contributed by atoms with van der Waals surface area (Å²) in [7, 11) is 3.20. The first-order valence-corrected chi connectivity index (χ1v) is 6.90. The van der Waals surface area contributed by atoms with Crippen molar-refractivity contribution in [3.05, 3.63) is 47.5 Å². The Kier molecular flexibility index (Phi) is 4.88. The first-order chi connectivity index (χ1) is 10.5. The van der Waals surface area contributed by atoms with Crippen molar-refractivity contribution < 1.29 is 14.3 Å². The minimum absolute atomic E-state index is 0.322. The van der Waals surface area contributed by atoms with Gasteiger partial charge in [0.25, 0.3) is 0 Å². The van der Waals surface area contributed by atoms with Gasteiger partial charge in [0.15, 0.2) is 0 Å². The van der Waals surface area contributed by atoms with Crippen LogP contribution in [0.15, 0.2) is 36.4 Å². The average molecular weight is 300 g/mol. The van der Waals surface area contributed by atoms with Gasteiger partial charge in [-0.3, -0.25) is 0 Å². The summed E-state index contributed by atoms with van der Waals surface area (Å²) in [6.45, 7) is 3.89. The van der Waals surface area contributed by atoms with Crippen LogP contribution in [0, 0.1) is 13.8 Å². The largest absolute Gasteiger partial charge is 0.496 e. The highest BCUT2D eigenvalue weighted by Gasteiger charge is 2.07. The number of nitrogens with one attached hydrogen (secondary N) is 2. The summed E-state index contributed by atoms with van der Waals surface area (Å²) in [5.74, 6) is 1.46. The van der Waals surface area contributed by atoms with Crippen LogP contribution < -0.4 is 20.1 Å². The van der Waals surface area contributed by atoms with Crippen molar-refractivity contribution in [1.82, 2.24) is 0 Å². The predicted octanol–water partition coefficient (Wildman–Crippen LogP) is 3.96. The number of aryl methyl sites for hydroxylation is 2. The molecule has 0 bridgehead atoms. The molecule has 2 aromatic carbocycles. The summed E-state index contributed by atoms with van der Waals surface area (Å²) in [4.78, 5) is 12.0. The quantitative estimate of drug-likeness (QED) is 0.898. The van der Waals surface area contributed by atoms with Gasteiger partial charge < -0.3 is 20.1 Å². The highest BCUT2D eigenvalue weighted by molar-refractivity contribution is 6.00. The number of urea groups is 1. The molecule has 0 aromatic heterocycles. The molecule has 0 fully saturated rings. The van der Waals surface area contributed by atoms with Crippen LogP contribution in [-0.4, -0.2) is 20.3 Å². The Bertz CT molecular complexity index is 626. The van der Waals surface area contributed by atoms with Crippen molar-refractivity contribution in [1.29, 1.82) is 0 Å². The average Bonchev–Trinajstić information content (AvgIpc) is 2.51. The Balaban J connectivity index is 2.07. The zero-order valence-electron chi connectivity index (χ0n) is 13.2. The smallest absolute Gasteiger partial charge is 0.323 e. The number of amides is 2. The van der Waals surface area contributed by atoms with E-state index in [1.165, 1.54) is 0 Å². The van der Waals surface area contributed by atoms with E-state index >= 15 is 0 Å². The summed E-state index contributed by atoms with van der Waals surface area (Å²) in [5.41, 5.74) is 3.35. The summed E-state index contributed by atoms with van der Waals surface area (Å²) in [6.07, 6.45) is 0. The molecule has 2 rings (SSSR count). The topological polar surface area (TPSA) is 59.6 Å². The van der Waals surface area contributed by atoms with Crippen LogP contribution in [0.25, 0.3) is 0 Å². The van der Waals surface area contributed by atoms with Gasteiger partial charge in [-0.25, -0.2) is 4.79 Å². The molecule has 0 radical (unpaired) electrons. The Morgan fingerprint density at radius 2 is 1.23 bits per heavy atom. The molecule has 0 spiro atoms. The van der Waals surface area contributed by atoms with E-state index in [0.717, 1.165) is 22.6 Å². The monoisotopic (exact) mass is 300 g/mol. The van der Waals surface area contributed by atoms with E-state index < -0.39 is 0 Å². The van der Waals surface area contributed by atoms with Crippen LogP contribution in [-0.2, 0) is 0 Å². The van der Waals surface area contributed by atoms with Crippen molar-refractivity contribution in [2.24, 2.45) is 0 Å². The minimum atomic E-state index is -0.322. The molecular formula is C17H20N2O3. The lowest BCUT2D eigenvalue weighted by Crippen LogP contribution is -2.19. The number of ether oxygens (including phenoxy) is 2. The van der Waals surface area contributed by atoms with E-state index in [2.05, 4.69) is 10.6 Å². The van der Waals surface area contributed by atoms with E-state index in [1.54, 1.807) is 26.4 Å². The molecular weight excluding hydrogens is 280 g/mol. The lowest BCUT2D eigenvalue weighted by Gasteiger charge is -2.11. The molecule has 5 heteroatoms. The highest BCUT2D eigenvalue weighted by Crippen LogP contribution is 2.24. The standard InChI is InChI=1S/C17H20N2O3/c1-11-5-7-13(9-15(11)21-3)18-17(20)19-14-8-6-12(2)16(10-14)22-4/h5-10H,1-4H3,(H2,18,19,20). The maximum atomic E-state index is 12.0. The maximum Gasteiger partial charge on any atom is 0.323 e. The van der Waals surface area contributed by atoms with Crippen LogP contribution >= 0.6 is 0 Å². The number of carbonyl (C=O) groups excluding carboxylic acids is 1. The molecule has 0 unspecified atom stereocenters. The molecule has 0 heterocycles. The number of hydrogen-bond acceptors (Lipinski definition) is 3. The third-order valence-electron chi connectivity index (χ3n) is 3.33.